The quantitative estimate of drug-likeness (QED) is 0.746. The summed E-state index contributed by atoms with van der Waals surface area (Å²) in [5.74, 6) is 0.0334. The van der Waals surface area contributed by atoms with Gasteiger partial charge in [0.15, 0.2) is 0 Å². The molecule has 0 aromatic rings. The number of carbonyl (C=O) groups excluding carboxylic acids is 1. The van der Waals surface area contributed by atoms with Crippen molar-refractivity contribution in [3.8, 4) is 0 Å². The fraction of sp³-hybridized carbons (Fsp3) is 0.917. The zero-order valence-corrected chi connectivity index (χ0v) is 10.8. The van der Waals surface area contributed by atoms with Crippen molar-refractivity contribution in [2.45, 2.75) is 51.7 Å². The molecule has 0 aromatic carbocycles. The van der Waals surface area contributed by atoms with E-state index < -0.39 is 5.60 Å². The van der Waals surface area contributed by atoms with E-state index in [1.807, 2.05) is 25.7 Å². The Bertz CT molecular complexity index is 252. The molecule has 1 aliphatic rings. The number of nitrogens with one attached hydrogen (secondary N) is 1. The van der Waals surface area contributed by atoms with E-state index in [-0.39, 0.29) is 11.4 Å². The molecule has 4 heteroatoms. The summed E-state index contributed by atoms with van der Waals surface area (Å²) in [5, 5.41) is 12.9. The Morgan fingerprint density at radius 2 is 2.00 bits per heavy atom. The Morgan fingerprint density at radius 1 is 1.44 bits per heavy atom. The molecule has 0 radical (unpaired) electrons. The average Bonchev–Trinajstić information content (AvgIpc) is 1.97. The number of β-amino-alcohol motifs (C(OH)–C–C–N with tert-alkyl or cyclic N) is 1. The zero-order chi connectivity index (χ0) is 12.4. The highest BCUT2D eigenvalue weighted by Gasteiger charge is 2.40. The van der Waals surface area contributed by atoms with Gasteiger partial charge in [-0.15, -0.1) is 0 Å². The van der Waals surface area contributed by atoms with Crippen LogP contribution in [0, 0.1) is 0 Å². The lowest BCUT2D eigenvalue weighted by Crippen LogP contribution is -2.63. The Labute approximate surface area is 98.0 Å². The maximum atomic E-state index is 11.6. The highest BCUT2D eigenvalue weighted by molar-refractivity contribution is 5.78. The van der Waals surface area contributed by atoms with Gasteiger partial charge in [0.1, 0.15) is 0 Å². The number of hydrogen-bond donors (Lipinski definition) is 2. The summed E-state index contributed by atoms with van der Waals surface area (Å²) < 4.78 is 0. The largest absolute Gasteiger partial charge is 0.387 e. The van der Waals surface area contributed by atoms with Crippen molar-refractivity contribution < 1.29 is 9.90 Å². The summed E-state index contributed by atoms with van der Waals surface area (Å²) in [6, 6.07) is 0. The minimum Gasteiger partial charge on any atom is -0.387 e. The summed E-state index contributed by atoms with van der Waals surface area (Å²) in [4.78, 5) is 13.6. The highest BCUT2D eigenvalue weighted by Crippen LogP contribution is 2.25. The molecule has 4 nitrogen and oxygen atoms in total. The SMILES string of the molecule is CCCC1(O)CN(CC(=O)NC(C)(C)C)C1. The second-order valence-electron chi connectivity index (χ2n) is 5.92. The van der Waals surface area contributed by atoms with Gasteiger partial charge in [-0.25, -0.2) is 0 Å². The molecule has 94 valence electrons. The molecule has 2 N–H and O–H groups in total. The van der Waals surface area contributed by atoms with Gasteiger partial charge in [-0.3, -0.25) is 9.69 Å². The van der Waals surface area contributed by atoms with Crippen molar-refractivity contribution in [2.24, 2.45) is 0 Å². The Kier molecular flexibility index (Phi) is 3.97. The highest BCUT2D eigenvalue weighted by atomic mass is 16.3. The first-order valence-electron chi connectivity index (χ1n) is 6.00. The van der Waals surface area contributed by atoms with Crippen LogP contribution in [0.3, 0.4) is 0 Å². The van der Waals surface area contributed by atoms with E-state index in [0.29, 0.717) is 19.6 Å². The maximum Gasteiger partial charge on any atom is 0.234 e. The monoisotopic (exact) mass is 228 g/mol. The van der Waals surface area contributed by atoms with Crippen molar-refractivity contribution in [1.29, 1.82) is 0 Å². The smallest absolute Gasteiger partial charge is 0.234 e. The molecule has 0 saturated carbocycles. The normalized spacial score (nSPS) is 20.3. The predicted octanol–water partition coefficient (Wildman–Crippen LogP) is 0.748. The third-order valence-electron chi connectivity index (χ3n) is 2.63. The molecule has 1 rings (SSSR count). The van der Waals surface area contributed by atoms with Gasteiger partial charge in [-0.05, 0) is 27.2 Å². The van der Waals surface area contributed by atoms with Gasteiger partial charge in [-0.2, -0.15) is 0 Å². The third kappa shape index (κ3) is 4.10. The summed E-state index contributed by atoms with van der Waals surface area (Å²) in [6.45, 7) is 9.60. The summed E-state index contributed by atoms with van der Waals surface area (Å²) in [6.07, 6.45) is 1.81. The predicted molar refractivity (Wildman–Crippen MR) is 64.2 cm³/mol. The summed E-state index contributed by atoms with van der Waals surface area (Å²) in [7, 11) is 0. The van der Waals surface area contributed by atoms with Crippen LogP contribution in [0.15, 0.2) is 0 Å². The van der Waals surface area contributed by atoms with Crippen molar-refractivity contribution in [3.05, 3.63) is 0 Å². The van der Waals surface area contributed by atoms with Crippen LogP contribution < -0.4 is 5.32 Å². The fourth-order valence-electron chi connectivity index (χ4n) is 2.18. The van der Waals surface area contributed by atoms with Crippen molar-refractivity contribution >= 4 is 5.91 Å². The van der Waals surface area contributed by atoms with Crippen LogP contribution in [0.25, 0.3) is 0 Å². The van der Waals surface area contributed by atoms with E-state index in [0.717, 1.165) is 12.8 Å². The summed E-state index contributed by atoms with van der Waals surface area (Å²) >= 11 is 0. The van der Waals surface area contributed by atoms with Crippen LogP contribution in [0.4, 0.5) is 0 Å². The molecular formula is C12H24N2O2. The Hall–Kier alpha value is -0.610. The molecule has 0 bridgehead atoms. The van der Waals surface area contributed by atoms with E-state index in [9.17, 15) is 9.90 Å². The molecule has 16 heavy (non-hydrogen) atoms. The lowest BCUT2D eigenvalue weighted by molar-refractivity contribution is -0.134. The number of hydrogen-bond acceptors (Lipinski definition) is 3. The van der Waals surface area contributed by atoms with Gasteiger partial charge < -0.3 is 10.4 Å². The minimum atomic E-state index is -0.545. The number of amides is 1. The van der Waals surface area contributed by atoms with Crippen LogP contribution in [-0.4, -0.2) is 46.7 Å². The topological polar surface area (TPSA) is 52.6 Å². The van der Waals surface area contributed by atoms with Gasteiger partial charge in [0.05, 0.1) is 12.1 Å². The lowest BCUT2D eigenvalue weighted by atomic mass is 9.89. The molecule has 0 atom stereocenters. The fourth-order valence-corrected chi connectivity index (χ4v) is 2.18. The molecule has 1 aliphatic heterocycles. The summed E-state index contributed by atoms with van der Waals surface area (Å²) in [5.41, 5.74) is -0.724. The van der Waals surface area contributed by atoms with Crippen molar-refractivity contribution in [3.63, 3.8) is 0 Å². The van der Waals surface area contributed by atoms with Crippen LogP contribution >= 0.6 is 0 Å². The van der Waals surface area contributed by atoms with Crippen LogP contribution in [0.1, 0.15) is 40.5 Å². The zero-order valence-electron chi connectivity index (χ0n) is 10.8. The molecule has 1 saturated heterocycles. The molecule has 0 aliphatic carbocycles. The van der Waals surface area contributed by atoms with E-state index in [1.54, 1.807) is 0 Å². The molecule has 1 fully saturated rings. The van der Waals surface area contributed by atoms with Gasteiger partial charge in [0.25, 0.3) is 0 Å². The average molecular weight is 228 g/mol. The molecule has 1 amide bonds. The van der Waals surface area contributed by atoms with E-state index in [1.165, 1.54) is 0 Å². The second-order valence-corrected chi connectivity index (χ2v) is 5.92. The van der Waals surface area contributed by atoms with Gasteiger partial charge in [0, 0.05) is 18.6 Å². The first kappa shape index (κ1) is 13.5. The van der Waals surface area contributed by atoms with Gasteiger partial charge in [0.2, 0.25) is 5.91 Å². The number of nitrogens with zero attached hydrogens (tertiary/aromatic N) is 1. The van der Waals surface area contributed by atoms with Crippen LogP contribution in [0.5, 0.6) is 0 Å². The van der Waals surface area contributed by atoms with E-state index in [2.05, 4.69) is 12.2 Å². The van der Waals surface area contributed by atoms with E-state index in [4.69, 9.17) is 0 Å². The second kappa shape index (κ2) is 4.72. The van der Waals surface area contributed by atoms with Gasteiger partial charge >= 0.3 is 0 Å². The molecular weight excluding hydrogens is 204 g/mol. The minimum absolute atomic E-state index is 0.0334. The van der Waals surface area contributed by atoms with Crippen molar-refractivity contribution in [2.75, 3.05) is 19.6 Å². The van der Waals surface area contributed by atoms with Gasteiger partial charge in [-0.1, -0.05) is 13.3 Å². The number of aliphatic hydroxyl groups is 1. The first-order chi connectivity index (χ1) is 7.24. The lowest BCUT2D eigenvalue weighted by Gasteiger charge is -2.46. The van der Waals surface area contributed by atoms with Crippen molar-refractivity contribution in [1.82, 2.24) is 10.2 Å². The molecule has 1 heterocycles. The number of likely N-dealkylation sites (tertiary alicyclic amines) is 1. The van der Waals surface area contributed by atoms with Crippen LogP contribution in [0.2, 0.25) is 0 Å². The standard InChI is InChI=1S/C12H24N2O2/c1-5-6-12(16)8-14(9-12)7-10(15)13-11(2,3)4/h16H,5-9H2,1-4H3,(H,13,15). The molecule has 0 aromatic heterocycles. The Morgan fingerprint density at radius 3 is 2.44 bits per heavy atom. The third-order valence-corrected chi connectivity index (χ3v) is 2.63. The Balaban J connectivity index is 2.25. The first-order valence-corrected chi connectivity index (χ1v) is 6.00. The van der Waals surface area contributed by atoms with Crippen LogP contribution in [-0.2, 0) is 4.79 Å². The molecule has 0 spiro atoms. The van der Waals surface area contributed by atoms with E-state index >= 15 is 0 Å². The maximum absolute atomic E-state index is 11.6. The number of carbonyl (C=O) groups is 1. The molecule has 0 unspecified atom stereocenters. The number of rotatable bonds is 4.